The van der Waals surface area contributed by atoms with Crippen molar-refractivity contribution in [2.45, 2.75) is 33.2 Å². The molecular weight excluding hydrogens is 214 g/mol. The molecule has 0 aliphatic rings. The van der Waals surface area contributed by atoms with E-state index in [9.17, 15) is 8.78 Å². The Labute approximate surface area is 96.8 Å². The first-order valence-corrected chi connectivity index (χ1v) is 5.80. The number of rotatable bonds is 9. The van der Waals surface area contributed by atoms with Gasteiger partial charge in [-0.05, 0) is 12.5 Å². The van der Waals surface area contributed by atoms with E-state index in [-0.39, 0.29) is 13.2 Å². The van der Waals surface area contributed by atoms with Gasteiger partial charge in [0.25, 0.3) is 6.43 Å². The van der Waals surface area contributed by atoms with Crippen LogP contribution < -0.4 is 5.32 Å². The Morgan fingerprint density at radius 1 is 1.19 bits per heavy atom. The molecule has 0 saturated carbocycles. The third kappa shape index (κ3) is 9.00. The molecule has 2 N–H and O–H groups in total. The van der Waals surface area contributed by atoms with E-state index < -0.39 is 6.43 Å². The Morgan fingerprint density at radius 2 is 1.81 bits per heavy atom. The fraction of sp³-hybridized carbons (Fsp3) is 1.00. The van der Waals surface area contributed by atoms with Gasteiger partial charge in [-0.25, -0.2) is 8.78 Å². The highest BCUT2D eigenvalue weighted by Gasteiger charge is 2.14. The van der Waals surface area contributed by atoms with Crippen molar-refractivity contribution in [1.82, 2.24) is 10.2 Å². The monoisotopic (exact) mass is 238 g/mol. The molecule has 0 fully saturated rings. The lowest BCUT2D eigenvalue weighted by atomic mass is 10.1. The molecule has 0 amide bonds. The number of nitrogens with zero attached hydrogens (tertiary/aromatic N) is 1. The minimum atomic E-state index is -2.34. The third-order valence-electron chi connectivity index (χ3n) is 2.26. The van der Waals surface area contributed by atoms with Gasteiger partial charge in [-0.2, -0.15) is 0 Å². The Balaban J connectivity index is 3.87. The van der Waals surface area contributed by atoms with Crippen molar-refractivity contribution < 1.29 is 13.9 Å². The van der Waals surface area contributed by atoms with Crippen LogP contribution in [0.2, 0.25) is 0 Å². The SMILES string of the molecule is CC(CNC(C)C)CN(CCO)CC(F)F. The molecule has 0 aromatic rings. The van der Waals surface area contributed by atoms with Gasteiger partial charge in [0.1, 0.15) is 0 Å². The van der Waals surface area contributed by atoms with Crippen LogP contribution in [-0.2, 0) is 0 Å². The van der Waals surface area contributed by atoms with Gasteiger partial charge in [0, 0.05) is 19.1 Å². The molecule has 0 aromatic heterocycles. The molecular formula is C11H24F2N2O. The van der Waals surface area contributed by atoms with Crippen molar-refractivity contribution in [3.8, 4) is 0 Å². The second kappa shape index (κ2) is 8.84. The van der Waals surface area contributed by atoms with Crippen LogP contribution in [0.3, 0.4) is 0 Å². The number of aliphatic hydroxyl groups is 1. The van der Waals surface area contributed by atoms with E-state index in [1.165, 1.54) is 0 Å². The molecule has 0 aliphatic carbocycles. The maximum atomic E-state index is 12.2. The maximum Gasteiger partial charge on any atom is 0.251 e. The van der Waals surface area contributed by atoms with E-state index in [0.717, 1.165) is 6.54 Å². The van der Waals surface area contributed by atoms with Crippen molar-refractivity contribution >= 4 is 0 Å². The summed E-state index contributed by atoms with van der Waals surface area (Å²) in [6.07, 6.45) is -2.34. The Hall–Kier alpha value is -0.260. The number of aliphatic hydroxyl groups excluding tert-OH is 1. The van der Waals surface area contributed by atoms with Crippen LogP contribution in [0.4, 0.5) is 8.78 Å². The summed E-state index contributed by atoms with van der Waals surface area (Å²) in [5.74, 6) is 0.299. The zero-order valence-electron chi connectivity index (χ0n) is 10.4. The zero-order valence-corrected chi connectivity index (χ0v) is 10.4. The van der Waals surface area contributed by atoms with Crippen LogP contribution in [0, 0.1) is 5.92 Å². The molecule has 98 valence electrons. The first-order chi connectivity index (χ1) is 7.45. The van der Waals surface area contributed by atoms with Gasteiger partial charge in [0.05, 0.1) is 13.2 Å². The molecule has 0 heterocycles. The zero-order chi connectivity index (χ0) is 12.6. The van der Waals surface area contributed by atoms with E-state index >= 15 is 0 Å². The van der Waals surface area contributed by atoms with Crippen LogP contribution in [0.25, 0.3) is 0 Å². The summed E-state index contributed by atoms with van der Waals surface area (Å²) >= 11 is 0. The first kappa shape index (κ1) is 15.7. The lowest BCUT2D eigenvalue weighted by Crippen LogP contribution is -2.39. The number of nitrogens with one attached hydrogen (secondary N) is 1. The van der Waals surface area contributed by atoms with Crippen molar-refractivity contribution in [3.63, 3.8) is 0 Å². The second-order valence-corrected chi connectivity index (χ2v) is 4.54. The standard InChI is InChI=1S/C11H24F2N2O/c1-9(2)14-6-10(3)7-15(4-5-16)8-11(12)13/h9-11,14,16H,4-8H2,1-3H3. The predicted molar refractivity (Wildman–Crippen MR) is 61.8 cm³/mol. The molecule has 5 heteroatoms. The summed E-state index contributed by atoms with van der Waals surface area (Å²) in [5.41, 5.74) is 0. The van der Waals surface area contributed by atoms with Crippen LogP contribution in [0.5, 0.6) is 0 Å². The molecule has 0 saturated heterocycles. The average molecular weight is 238 g/mol. The summed E-state index contributed by atoms with van der Waals surface area (Å²) in [6, 6.07) is 0.406. The molecule has 16 heavy (non-hydrogen) atoms. The smallest absolute Gasteiger partial charge is 0.251 e. The third-order valence-corrected chi connectivity index (χ3v) is 2.26. The van der Waals surface area contributed by atoms with Gasteiger partial charge in [-0.3, -0.25) is 4.90 Å². The highest BCUT2D eigenvalue weighted by atomic mass is 19.3. The highest BCUT2D eigenvalue weighted by Crippen LogP contribution is 2.03. The lowest BCUT2D eigenvalue weighted by Gasteiger charge is -2.25. The van der Waals surface area contributed by atoms with Gasteiger partial charge >= 0.3 is 0 Å². The van der Waals surface area contributed by atoms with Crippen LogP contribution in [0.1, 0.15) is 20.8 Å². The van der Waals surface area contributed by atoms with E-state index in [1.807, 2.05) is 6.92 Å². The van der Waals surface area contributed by atoms with Crippen molar-refractivity contribution in [2.24, 2.45) is 5.92 Å². The Morgan fingerprint density at radius 3 is 2.25 bits per heavy atom. The maximum absolute atomic E-state index is 12.2. The number of halogens is 2. The molecule has 1 atom stereocenters. The van der Waals surface area contributed by atoms with Gasteiger partial charge in [-0.15, -0.1) is 0 Å². The Kier molecular flexibility index (Phi) is 8.70. The summed E-state index contributed by atoms with van der Waals surface area (Å²) in [6.45, 7) is 7.51. The average Bonchev–Trinajstić information content (AvgIpc) is 2.14. The van der Waals surface area contributed by atoms with E-state index in [4.69, 9.17) is 5.11 Å². The Bertz CT molecular complexity index is 168. The fourth-order valence-electron chi connectivity index (χ4n) is 1.54. The minimum Gasteiger partial charge on any atom is -0.395 e. The van der Waals surface area contributed by atoms with Crippen molar-refractivity contribution in [3.05, 3.63) is 0 Å². The molecule has 0 spiro atoms. The van der Waals surface area contributed by atoms with Gasteiger partial charge in [0.15, 0.2) is 0 Å². The number of alkyl halides is 2. The van der Waals surface area contributed by atoms with E-state index in [1.54, 1.807) is 4.90 Å². The molecule has 0 radical (unpaired) electrons. The van der Waals surface area contributed by atoms with E-state index in [0.29, 0.717) is 25.0 Å². The highest BCUT2D eigenvalue weighted by molar-refractivity contribution is 4.67. The first-order valence-electron chi connectivity index (χ1n) is 5.80. The summed E-state index contributed by atoms with van der Waals surface area (Å²) in [5, 5.41) is 12.0. The van der Waals surface area contributed by atoms with Crippen LogP contribution in [-0.4, -0.2) is 55.3 Å². The molecule has 0 bridgehead atoms. The lowest BCUT2D eigenvalue weighted by molar-refractivity contribution is 0.0710. The van der Waals surface area contributed by atoms with Crippen LogP contribution in [0.15, 0.2) is 0 Å². The molecule has 0 aromatic carbocycles. The largest absolute Gasteiger partial charge is 0.395 e. The summed E-state index contributed by atoms with van der Waals surface area (Å²) in [7, 11) is 0. The fourth-order valence-corrected chi connectivity index (χ4v) is 1.54. The quantitative estimate of drug-likeness (QED) is 0.633. The molecule has 0 aliphatic heterocycles. The number of hydrogen-bond donors (Lipinski definition) is 2. The number of hydrogen-bond acceptors (Lipinski definition) is 3. The van der Waals surface area contributed by atoms with Gasteiger partial charge < -0.3 is 10.4 Å². The van der Waals surface area contributed by atoms with E-state index in [2.05, 4.69) is 19.2 Å². The van der Waals surface area contributed by atoms with Gasteiger partial charge in [0.2, 0.25) is 0 Å². The molecule has 1 unspecified atom stereocenters. The normalized spacial score (nSPS) is 14.1. The topological polar surface area (TPSA) is 35.5 Å². The molecule has 3 nitrogen and oxygen atoms in total. The summed E-state index contributed by atoms with van der Waals surface area (Å²) < 4.78 is 24.5. The second-order valence-electron chi connectivity index (χ2n) is 4.54. The predicted octanol–water partition coefficient (Wildman–Crippen LogP) is 1.18. The molecule has 0 rings (SSSR count). The van der Waals surface area contributed by atoms with Gasteiger partial charge in [-0.1, -0.05) is 20.8 Å². The van der Waals surface area contributed by atoms with Crippen molar-refractivity contribution in [1.29, 1.82) is 0 Å². The summed E-state index contributed by atoms with van der Waals surface area (Å²) in [4.78, 5) is 1.61. The van der Waals surface area contributed by atoms with Crippen LogP contribution >= 0.6 is 0 Å². The minimum absolute atomic E-state index is 0.0724. The van der Waals surface area contributed by atoms with Crippen molar-refractivity contribution in [2.75, 3.05) is 32.8 Å².